The van der Waals surface area contributed by atoms with E-state index in [1.807, 2.05) is 31.2 Å². The molecule has 0 saturated heterocycles. The fourth-order valence-electron chi connectivity index (χ4n) is 3.01. The normalized spacial score (nSPS) is 15.8. The van der Waals surface area contributed by atoms with Crippen molar-refractivity contribution in [1.29, 1.82) is 0 Å². The van der Waals surface area contributed by atoms with E-state index in [9.17, 15) is 4.79 Å². The van der Waals surface area contributed by atoms with Gasteiger partial charge in [-0.2, -0.15) is 0 Å². The summed E-state index contributed by atoms with van der Waals surface area (Å²) in [7, 11) is 0. The van der Waals surface area contributed by atoms with Gasteiger partial charge in [0.2, 0.25) is 0 Å². The van der Waals surface area contributed by atoms with Gasteiger partial charge in [0.05, 0.1) is 6.54 Å². The van der Waals surface area contributed by atoms with E-state index in [0.29, 0.717) is 30.7 Å². The molecule has 1 aromatic carbocycles. The second-order valence-corrected chi connectivity index (χ2v) is 6.49. The number of hydrogen-bond acceptors (Lipinski definition) is 2. The molecular weight excluding hydrogens is 427 g/mol. The summed E-state index contributed by atoms with van der Waals surface area (Å²) in [6.07, 6.45) is 8.44. The van der Waals surface area contributed by atoms with Gasteiger partial charge in [0.15, 0.2) is 5.96 Å². The zero-order valence-corrected chi connectivity index (χ0v) is 17.4. The molecule has 6 heteroatoms. The maximum Gasteiger partial charge on any atom is 0.251 e. The van der Waals surface area contributed by atoms with Crippen LogP contribution in [0, 0.1) is 0 Å². The van der Waals surface area contributed by atoms with Crippen molar-refractivity contribution in [1.82, 2.24) is 10.6 Å². The fraction of sp³-hybridized carbons (Fsp3) is 0.579. The molecule has 1 saturated carbocycles. The Labute approximate surface area is 168 Å². The Hall–Kier alpha value is -1.31. The van der Waals surface area contributed by atoms with Crippen LogP contribution in [-0.2, 0) is 6.54 Å². The zero-order valence-electron chi connectivity index (χ0n) is 15.1. The van der Waals surface area contributed by atoms with Crippen LogP contribution in [0.15, 0.2) is 29.3 Å². The van der Waals surface area contributed by atoms with E-state index in [-0.39, 0.29) is 29.9 Å². The number of carbonyl (C=O) groups is 1. The minimum atomic E-state index is -0.0350. The lowest BCUT2D eigenvalue weighted by molar-refractivity contribution is 0.0953. The number of benzene rings is 1. The van der Waals surface area contributed by atoms with Crippen LogP contribution < -0.4 is 16.4 Å². The predicted molar refractivity (Wildman–Crippen MR) is 114 cm³/mol. The third-order valence-corrected chi connectivity index (χ3v) is 4.36. The Kier molecular flexibility index (Phi) is 10.5. The Morgan fingerprint density at radius 3 is 2.64 bits per heavy atom. The number of amides is 1. The number of nitrogens with two attached hydrogens (primary N) is 1. The Bertz CT molecular complexity index is 554. The van der Waals surface area contributed by atoms with Crippen molar-refractivity contribution in [2.45, 2.75) is 64.5 Å². The van der Waals surface area contributed by atoms with Crippen LogP contribution in [0.5, 0.6) is 0 Å². The summed E-state index contributed by atoms with van der Waals surface area (Å²) in [5, 5.41) is 6.23. The number of guanidine groups is 1. The van der Waals surface area contributed by atoms with Crippen molar-refractivity contribution in [3.05, 3.63) is 35.4 Å². The lowest BCUT2D eigenvalue weighted by Gasteiger charge is -2.16. The fourth-order valence-corrected chi connectivity index (χ4v) is 3.01. The summed E-state index contributed by atoms with van der Waals surface area (Å²) in [5.74, 6) is 0.468. The average Bonchev–Trinajstić information content (AvgIpc) is 2.86. The highest BCUT2D eigenvalue weighted by Gasteiger charge is 2.12. The van der Waals surface area contributed by atoms with E-state index in [1.165, 1.54) is 38.5 Å². The van der Waals surface area contributed by atoms with Crippen molar-refractivity contribution in [2.75, 3.05) is 6.54 Å². The number of carbonyl (C=O) groups excluding carboxylic acids is 1. The van der Waals surface area contributed by atoms with E-state index < -0.39 is 0 Å². The highest BCUT2D eigenvalue weighted by atomic mass is 127. The second kappa shape index (κ2) is 12.1. The molecule has 0 spiro atoms. The van der Waals surface area contributed by atoms with Crippen LogP contribution in [0.3, 0.4) is 0 Å². The van der Waals surface area contributed by atoms with E-state index in [2.05, 4.69) is 15.6 Å². The molecule has 0 radical (unpaired) electrons. The van der Waals surface area contributed by atoms with Gasteiger partial charge < -0.3 is 16.4 Å². The average molecular weight is 458 g/mol. The lowest BCUT2D eigenvalue weighted by Crippen LogP contribution is -2.39. The van der Waals surface area contributed by atoms with Crippen LogP contribution >= 0.6 is 24.0 Å². The number of nitrogens with one attached hydrogen (secondary N) is 2. The molecule has 4 N–H and O–H groups in total. The number of rotatable bonds is 6. The van der Waals surface area contributed by atoms with Gasteiger partial charge in [-0.05, 0) is 37.0 Å². The van der Waals surface area contributed by atoms with Gasteiger partial charge in [0.25, 0.3) is 5.91 Å². The standard InChI is InChI=1S/C19H30N4O.HI/c1-2-12-21-18(24)16-9-7-8-15(13-16)14-22-19(20)23-17-10-5-3-4-6-11-17;/h7-9,13,17H,2-6,10-12,14H2,1H3,(H,21,24)(H3,20,22,23);1H. The molecule has 5 nitrogen and oxygen atoms in total. The predicted octanol–water partition coefficient (Wildman–Crippen LogP) is 3.57. The van der Waals surface area contributed by atoms with Gasteiger partial charge in [0.1, 0.15) is 0 Å². The molecule has 0 atom stereocenters. The van der Waals surface area contributed by atoms with Gasteiger partial charge in [-0.15, -0.1) is 24.0 Å². The summed E-state index contributed by atoms with van der Waals surface area (Å²) in [4.78, 5) is 16.4. The number of aliphatic imine (C=N–C) groups is 1. The van der Waals surface area contributed by atoms with Crippen LogP contribution in [0.25, 0.3) is 0 Å². The van der Waals surface area contributed by atoms with E-state index in [1.54, 1.807) is 0 Å². The summed E-state index contributed by atoms with van der Waals surface area (Å²) in [5.41, 5.74) is 7.69. The molecule has 1 aromatic rings. The lowest BCUT2D eigenvalue weighted by atomic mass is 10.1. The van der Waals surface area contributed by atoms with Crippen molar-refractivity contribution < 1.29 is 4.79 Å². The van der Waals surface area contributed by atoms with Crippen molar-refractivity contribution >= 4 is 35.8 Å². The molecule has 2 rings (SSSR count). The first kappa shape index (κ1) is 21.7. The van der Waals surface area contributed by atoms with Gasteiger partial charge in [-0.1, -0.05) is 44.7 Å². The highest BCUT2D eigenvalue weighted by molar-refractivity contribution is 14.0. The minimum Gasteiger partial charge on any atom is -0.370 e. The van der Waals surface area contributed by atoms with Crippen LogP contribution in [0.1, 0.15) is 67.8 Å². The molecule has 0 aromatic heterocycles. The molecule has 25 heavy (non-hydrogen) atoms. The first-order chi connectivity index (χ1) is 11.7. The molecule has 1 aliphatic carbocycles. The van der Waals surface area contributed by atoms with Gasteiger partial charge in [-0.25, -0.2) is 4.99 Å². The van der Waals surface area contributed by atoms with Crippen molar-refractivity contribution in [3.8, 4) is 0 Å². The van der Waals surface area contributed by atoms with Crippen LogP contribution in [0.4, 0.5) is 0 Å². The maximum absolute atomic E-state index is 12.0. The van der Waals surface area contributed by atoms with Crippen molar-refractivity contribution in [3.63, 3.8) is 0 Å². The molecule has 0 aliphatic heterocycles. The molecule has 0 heterocycles. The third-order valence-electron chi connectivity index (χ3n) is 4.36. The monoisotopic (exact) mass is 458 g/mol. The summed E-state index contributed by atoms with van der Waals surface area (Å²) < 4.78 is 0. The van der Waals surface area contributed by atoms with E-state index >= 15 is 0 Å². The summed E-state index contributed by atoms with van der Waals surface area (Å²) in [6, 6.07) is 8.01. The topological polar surface area (TPSA) is 79.5 Å². The molecule has 1 aliphatic rings. The minimum absolute atomic E-state index is 0. The molecule has 1 fully saturated rings. The quantitative estimate of drug-likeness (QED) is 0.264. The zero-order chi connectivity index (χ0) is 17.2. The first-order valence-corrected chi connectivity index (χ1v) is 9.12. The molecular formula is C19H31IN4O. The van der Waals surface area contributed by atoms with Crippen LogP contribution in [0.2, 0.25) is 0 Å². The van der Waals surface area contributed by atoms with Gasteiger partial charge in [0, 0.05) is 18.2 Å². The molecule has 0 bridgehead atoms. The van der Waals surface area contributed by atoms with E-state index in [4.69, 9.17) is 5.73 Å². The molecule has 140 valence electrons. The summed E-state index contributed by atoms with van der Waals surface area (Å²) in [6.45, 7) is 3.22. The second-order valence-electron chi connectivity index (χ2n) is 6.49. The van der Waals surface area contributed by atoms with Gasteiger partial charge in [-0.3, -0.25) is 4.79 Å². The number of hydrogen-bond donors (Lipinski definition) is 3. The largest absolute Gasteiger partial charge is 0.370 e. The first-order valence-electron chi connectivity index (χ1n) is 9.12. The molecule has 1 amide bonds. The maximum atomic E-state index is 12.0. The number of nitrogens with zero attached hydrogens (tertiary/aromatic N) is 1. The third kappa shape index (κ3) is 8.07. The Morgan fingerprint density at radius 2 is 1.96 bits per heavy atom. The SMILES string of the molecule is CCCNC(=O)c1cccc(CN=C(N)NC2CCCCCC2)c1.I. The van der Waals surface area contributed by atoms with E-state index in [0.717, 1.165) is 12.0 Å². The smallest absolute Gasteiger partial charge is 0.251 e. The Morgan fingerprint density at radius 1 is 1.24 bits per heavy atom. The van der Waals surface area contributed by atoms with Crippen molar-refractivity contribution in [2.24, 2.45) is 10.7 Å². The highest BCUT2D eigenvalue weighted by Crippen LogP contribution is 2.17. The molecule has 0 unspecified atom stereocenters. The number of halogens is 1. The Balaban J connectivity index is 0.00000312. The summed E-state index contributed by atoms with van der Waals surface area (Å²) >= 11 is 0. The van der Waals surface area contributed by atoms with Gasteiger partial charge >= 0.3 is 0 Å². The van der Waals surface area contributed by atoms with Crippen LogP contribution in [-0.4, -0.2) is 24.5 Å².